The Morgan fingerprint density at radius 2 is 1.81 bits per heavy atom. The molecule has 0 saturated carbocycles. The highest BCUT2D eigenvalue weighted by atomic mass is 16.3. The van der Waals surface area contributed by atoms with E-state index in [1.54, 1.807) is 18.2 Å². The summed E-state index contributed by atoms with van der Waals surface area (Å²) in [6, 6.07) is 13.9. The van der Waals surface area contributed by atoms with Gasteiger partial charge in [-0.2, -0.15) is 0 Å². The Morgan fingerprint density at radius 3 is 2.48 bits per heavy atom. The first-order chi connectivity index (χ1) is 10.2. The lowest BCUT2D eigenvalue weighted by atomic mass is 10.1. The molecule has 0 spiro atoms. The van der Waals surface area contributed by atoms with Crippen LogP contribution in [0.1, 0.15) is 28.8 Å². The first-order valence-electron chi connectivity index (χ1n) is 6.82. The van der Waals surface area contributed by atoms with E-state index in [-0.39, 0.29) is 17.2 Å². The normalized spacial score (nSPS) is 10.1. The second-order valence-corrected chi connectivity index (χ2v) is 4.73. The van der Waals surface area contributed by atoms with Gasteiger partial charge in [-0.1, -0.05) is 24.3 Å². The average molecular weight is 283 g/mol. The number of aromatic hydroxyl groups is 1. The third-order valence-electron chi connectivity index (χ3n) is 3.15. The van der Waals surface area contributed by atoms with Crippen LogP contribution in [0.5, 0.6) is 5.75 Å². The summed E-state index contributed by atoms with van der Waals surface area (Å²) in [5.41, 5.74) is 2.03. The van der Waals surface area contributed by atoms with Gasteiger partial charge in [0.05, 0.1) is 5.56 Å². The Bertz CT molecular complexity index is 620. The number of phenolic OH excluding ortho intramolecular Hbond substituents is 1. The van der Waals surface area contributed by atoms with Gasteiger partial charge >= 0.3 is 0 Å². The van der Waals surface area contributed by atoms with Gasteiger partial charge in [0.1, 0.15) is 12.0 Å². The molecule has 0 heterocycles. The van der Waals surface area contributed by atoms with Gasteiger partial charge in [-0.3, -0.25) is 4.79 Å². The number of carbonyl (C=O) groups is 2. The second kappa shape index (κ2) is 7.24. The summed E-state index contributed by atoms with van der Waals surface area (Å²) < 4.78 is 0. The topological polar surface area (TPSA) is 66.4 Å². The van der Waals surface area contributed by atoms with E-state index in [1.807, 2.05) is 24.3 Å². The SMILES string of the molecule is O=CCCCc1ccc(NC(=O)c2ccccc2O)cc1. The summed E-state index contributed by atoms with van der Waals surface area (Å²) in [7, 11) is 0. The maximum atomic E-state index is 12.0. The first kappa shape index (κ1) is 14.8. The van der Waals surface area contributed by atoms with Crippen molar-refractivity contribution in [1.29, 1.82) is 0 Å². The van der Waals surface area contributed by atoms with Gasteiger partial charge in [0.15, 0.2) is 0 Å². The van der Waals surface area contributed by atoms with E-state index in [9.17, 15) is 14.7 Å². The largest absolute Gasteiger partial charge is 0.507 e. The number of benzene rings is 2. The number of aldehydes is 1. The number of anilines is 1. The Labute approximate surface area is 123 Å². The van der Waals surface area contributed by atoms with E-state index in [1.165, 1.54) is 6.07 Å². The minimum Gasteiger partial charge on any atom is -0.507 e. The number of nitrogens with one attached hydrogen (secondary N) is 1. The summed E-state index contributed by atoms with van der Waals surface area (Å²) in [5.74, 6) is -0.387. The van der Waals surface area contributed by atoms with Crippen LogP contribution in [0.25, 0.3) is 0 Å². The number of hydrogen-bond donors (Lipinski definition) is 2. The number of carbonyl (C=O) groups excluding carboxylic acids is 2. The van der Waals surface area contributed by atoms with Crippen LogP contribution < -0.4 is 5.32 Å². The standard InChI is InChI=1S/C17H17NO3/c19-12-4-3-5-13-8-10-14(11-9-13)18-17(21)15-6-1-2-7-16(15)20/h1-2,6-12,20H,3-5H2,(H,18,21). The van der Waals surface area contributed by atoms with Crippen LogP contribution >= 0.6 is 0 Å². The van der Waals surface area contributed by atoms with Crippen molar-refractivity contribution in [3.8, 4) is 5.75 Å². The van der Waals surface area contributed by atoms with Crippen LogP contribution in [0, 0.1) is 0 Å². The van der Waals surface area contributed by atoms with Crippen LogP contribution in [0.4, 0.5) is 5.69 Å². The highest BCUT2D eigenvalue weighted by molar-refractivity contribution is 6.06. The molecule has 2 rings (SSSR count). The van der Waals surface area contributed by atoms with Crippen LogP contribution in [0.15, 0.2) is 48.5 Å². The number of phenols is 1. The van der Waals surface area contributed by atoms with Crippen molar-refractivity contribution in [2.24, 2.45) is 0 Å². The quantitative estimate of drug-likeness (QED) is 0.632. The molecule has 0 aliphatic carbocycles. The smallest absolute Gasteiger partial charge is 0.259 e. The first-order valence-corrected chi connectivity index (χ1v) is 6.82. The van der Waals surface area contributed by atoms with E-state index >= 15 is 0 Å². The number of aryl methyl sites for hydroxylation is 1. The van der Waals surface area contributed by atoms with Crippen molar-refractivity contribution in [2.75, 3.05) is 5.32 Å². The fraction of sp³-hybridized carbons (Fsp3) is 0.176. The molecule has 4 nitrogen and oxygen atoms in total. The zero-order valence-corrected chi connectivity index (χ0v) is 11.6. The van der Waals surface area contributed by atoms with Crippen molar-refractivity contribution in [2.45, 2.75) is 19.3 Å². The summed E-state index contributed by atoms with van der Waals surface area (Å²) in [4.78, 5) is 22.3. The molecule has 1 amide bonds. The maximum absolute atomic E-state index is 12.0. The minimum absolute atomic E-state index is 0.0412. The summed E-state index contributed by atoms with van der Waals surface area (Å²) in [6.07, 6.45) is 3.15. The molecule has 2 aromatic carbocycles. The third kappa shape index (κ3) is 4.18. The number of amides is 1. The lowest BCUT2D eigenvalue weighted by Gasteiger charge is -2.07. The van der Waals surface area contributed by atoms with Crippen LogP contribution in [0.3, 0.4) is 0 Å². The van der Waals surface area contributed by atoms with Crippen molar-refractivity contribution >= 4 is 17.9 Å². The highest BCUT2D eigenvalue weighted by Crippen LogP contribution is 2.18. The van der Waals surface area contributed by atoms with Crippen molar-refractivity contribution in [3.63, 3.8) is 0 Å². The summed E-state index contributed by atoms with van der Waals surface area (Å²) in [6.45, 7) is 0. The van der Waals surface area contributed by atoms with Gasteiger partial charge in [0.25, 0.3) is 5.91 Å². The number of hydrogen-bond acceptors (Lipinski definition) is 3. The Morgan fingerprint density at radius 1 is 1.10 bits per heavy atom. The molecule has 2 aromatic rings. The van der Waals surface area contributed by atoms with Crippen LogP contribution in [-0.2, 0) is 11.2 Å². The molecule has 2 N–H and O–H groups in total. The van der Waals surface area contributed by atoms with Gasteiger partial charge < -0.3 is 15.2 Å². The van der Waals surface area contributed by atoms with E-state index < -0.39 is 0 Å². The van der Waals surface area contributed by atoms with Crippen molar-refractivity contribution in [3.05, 3.63) is 59.7 Å². The monoisotopic (exact) mass is 283 g/mol. The van der Waals surface area contributed by atoms with Gasteiger partial charge in [0.2, 0.25) is 0 Å². The molecule has 0 bridgehead atoms. The molecule has 0 atom stereocenters. The number of rotatable bonds is 6. The molecular weight excluding hydrogens is 266 g/mol. The van der Waals surface area contributed by atoms with E-state index in [0.717, 1.165) is 24.7 Å². The van der Waals surface area contributed by atoms with E-state index in [4.69, 9.17) is 0 Å². The molecule has 0 aromatic heterocycles. The van der Waals surface area contributed by atoms with Crippen molar-refractivity contribution < 1.29 is 14.7 Å². The molecule has 0 fully saturated rings. The fourth-order valence-corrected chi connectivity index (χ4v) is 2.01. The average Bonchev–Trinajstić information content (AvgIpc) is 2.49. The van der Waals surface area contributed by atoms with Crippen LogP contribution in [0.2, 0.25) is 0 Å². The Kier molecular flexibility index (Phi) is 5.10. The molecule has 0 aliphatic rings. The Balaban J connectivity index is 1.98. The predicted molar refractivity (Wildman–Crippen MR) is 81.5 cm³/mol. The zero-order valence-electron chi connectivity index (χ0n) is 11.6. The van der Waals surface area contributed by atoms with Gasteiger partial charge in [-0.05, 0) is 42.7 Å². The van der Waals surface area contributed by atoms with Crippen LogP contribution in [-0.4, -0.2) is 17.3 Å². The van der Waals surface area contributed by atoms with E-state index in [0.29, 0.717) is 12.1 Å². The summed E-state index contributed by atoms with van der Waals surface area (Å²) in [5, 5.41) is 12.4. The lowest BCUT2D eigenvalue weighted by Crippen LogP contribution is -2.11. The molecule has 0 saturated heterocycles. The minimum atomic E-state index is -0.346. The van der Waals surface area contributed by atoms with E-state index in [2.05, 4.69) is 5.32 Å². The van der Waals surface area contributed by atoms with Crippen molar-refractivity contribution in [1.82, 2.24) is 0 Å². The maximum Gasteiger partial charge on any atom is 0.259 e. The molecule has 0 unspecified atom stereocenters. The van der Waals surface area contributed by atoms with Gasteiger partial charge in [0, 0.05) is 12.1 Å². The lowest BCUT2D eigenvalue weighted by molar-refractivity contribution is -0.107. The number of para-hydroxylation sites is 1. The fourth-order valence-electron chi connectivity index (χ4n) is 2.01. The molecule has 108 valence electrons. The highest BCUT2D eigenvalue weighted by Gasteiger charge is 2.10. The number of unbranched alkanes of at least 4 members (excludes halogenated alkanes) is 1. The third-order valence-corrected chi connectivity index (χ3v) is 3.15. The van der Waals surface area contributed by atoms with Gasteiger partial charge in [-0.15, -0.1) is 0 Å². The second-order valence-electron chi connectivity index (χ2n) is 4.73. The molecule has 0 aliphatic heterocycles. The Hall–Kier alpha value is -2.62. The van der Waals surface area contributed by atoms with Gasteiger partial charge in [-0.25, -0.2) is 0 Å². The molecule has 0 radical (unpaired) electrons. The molecule has 4 heteroatoms. The predicted octanol–water partition coefficient (Wildman–Crippen LogP) is 3.17. The molecular formula is C17H17NO3. The zero-order chi connectivity index (χ0) is 15.1. The molecule has 21 heavy (non-hydrogen) atoms. The summed E-state index contributed by atoms with van der Waals surface area (Å²) >= 11 is 0.